The lowest BCUT2D eigenvalue weighted by Crippen LogP contribution is -2.30. The third-order valence-electron chi connectivity index (χ3n) is 11.8. The van der Waals surface area contributed by atoms with Crippen molar-refractivity contribution in [2.24, 2.45) is 0 Å². The number of carbonyl (C=O) groups excluding carboxylic acids is 3. The van der Waals surface area contributed by atoms with Crippen molar-refractivity contribution in [1.29, 1.82) is 0 Å². The molecule has 0 N–H and O–H groups in total. The van der Waals surface area contributed by atoms with E-state index in [-0.39, 0.29) is 44.0 Å². The molecule has 0 radical (unpaired) electrons. The van der Waals surface area contributed by atoms with Gasteiger partial charge in [0.2, 0.25) is 0 Å². The minimum absolute atomic E-state index is 0.135. The van der Waals surface area contributed by atoms with Gasteiger partial charge in [-0.15, -0.1) is 0 Å². The molecular formula is C73H108O6. The molecule has 0 fully saturated rings. The van der Waals surface area contributed by atoms with E-state index in [1.807, 2.05) is 0 Å². The first-order valence-corrected chi connectivity index (χ1v) is 30.6. The highest BCUT2D eigenvalue weighted by Crippen LogP contribution is 2.11. The lowest BCUT2D eigenvalue weighted by Gasteiger charge is -2.18. The minimum atomic E-state index is -0.843. The van der Waals surface area contributed by atoms with Crippen LogP contribution < -0.4 is 0 Å². The number of unbranched alkanes of at least 4 members (excludes halogenated alkanes) is 7. The SMILES string of the molecule is CC/C=C\C/C=C\C/C=C\C/C=C\C/C=C\C/C=C\C/C=C\C/C=C\C/C=C\C/C=C\CCCCC(=O)OCC(COC(=O)CCCCC/C=C\C/C=C\C/C=C\CC)OC(=O)CCCC/C=C\C/C=C\C/C=C\C/C=C\CC. The van der Waals surface area contributed by atoms with E-state index in [0.717, 1.165) is 161 Å². The monoisotopic (exact) mass is 1080 g/mol. The summed E-state index contributed by atoms with van der Waals surface area (Å²) < 4.78 is 16.7. The molecule has 0 aromatic rings. The zero-order valence-corrected chi connectivity index (χ0v) is 49.8. The second-order valence-corrected chi connectivity index (χ2v) is 19.1. The van der Waals surface area contributed by atoms with Crippen LogP contribution in [-0.2, 0) is 28.6 Å². The Balaban J connectivity index is 4.46. The summed E-state index contributed by atoms with van der Waals surface area (Å²) in [5, 5.41) is 0. The van der Waals surface area contributed by atoms with Crippen LogP contribution in [0.1, 0.15) is 213 Å². The molecule has 79 heavy (non-hydrogen) atoms. The van der Waals surface area contributed by atoms with E-state index in [1.165, 1.54) is 0 Å². The molecule has 1 atom stereocenters. The van der Waals surface area contributed by atoms with E-state index in [1.54, 1.807) is 0 Å². The molecule has 0 spiro atoms. The zero-order chi connectivity index (χ0) is 57.1. The number of hydrogen-bond donors (Lipinski definition) is 0. The number of ether oxygens (including phenoxy) is 3. The Hall–Kier alpha value is -6.01. The highest BCUT2D eigenvalue weighted by molar-refractivity contribution is 5.71. The highest BCUT2D eigenvalue weighted by Gasteiger charge is 2.19. The van der Waals surface area contributed by atoms with Crippen LogP contribution >= 0.6 is 0 Å². The molecule has 0 aliphatic carbocycles. The molecule has 436 valence electrons. The minimum Gasteiger partial charge on any atom is -0.462 e. The maximum Gasteiger partial charge on any atom is 0.306 e. The molecule has 0 aliphatic heterocycles. The Morgan fingerprint density at radius 3 is 0.709 bits per heavy atom. The summed E-state index contributed by atoms with van der Waals surface area (Å²) in [6, 6.07) is 0. The van der Waals surface area contributed by atoms with E-state index >= 15 is 0 Å². The predicted octanol–water partition coefficient (Wildman–Crippen LogP) is 21.2. The van der Waals surface area contributed by atoms with Crippen LogP contribution in [0.25, 0.3) is 0 Å². The van der Waals surface area contributed by atoms with Crippen molar-refractivity contribution >= 4 is 17.9 Å². The van der Waals surface area contributed by atoms with Gasteiger partial charge in [0.15, 0.2) is 6.10 Å². The second kappa shape index (κ2) is 64.5. The molecule has 6 heteroatoms. The van der Waals surface area contributed by atoms with E-state index in [0.29, 0.717) is 19.3 Å². The van der Waals surface area contributed by atoms with Crippen LogP contribution in [0.4, 0.5) is 0 Å². The van der Waals surface area contributed by atoms with Gasteiger partial charge in [-0.05, 0) is 167 Å². The van der Waals surface area contributed by atoms with Gasteiger partial charge in [0.1, 0.15) is 13.2 Å². The van der Waals surface area contributed by atoms with Crippen molar-refractivity contribution in [3.63, 3.8) is 0 Å². The molecule has 6 nitrogen and oxygen atoms in total. The van der Waals surface area contributed by atoms with Gasteiger partial charge in [-0.2, -0.15) is 0 Å². The molecule has 0 bridgehead atoms. The number of esters is 3. The van der Waals surface area contributed by atoms with Gasteiger partial charge < -0.3 is 14.2 Å². The largest absolute Gasteiger partial charge is 0.462 e. The fraction of sp³-hybridized carbons (Fsp3) is 0.493. The summed E-state index contributed by atoms with van der Waals surface area (Å²) in [5.74, 6) is -1.07. The van der Waals surface area contributed by atoms with Gasteiger partial charge in [-0.1, -0.05) is 234 Å². The smallest absolute Gasteiger partial charge is 0.306 e. The van der Waals surface area contributed by atoms with E-state index in [2.05, 4.69) is 227 Å². The van der Waals surface area contributed by atoms with Crippen molar-refractivity contribution in [2.45, 2.75) is 219 Å². The van der Waals surface area contributed by atoms with Crippen LogP contribution in [0.15, 0.2) is 207 Å². The van der Waals surface area contributed by atoms with Crippen LogP contribution in [0.2, 0.25) is 0 Å². The summed E-state index contributed by atoms with van der Waals surface area (Å²) in [4.78, 5) is 38.1. The summed E-state index contributed by atoms with van der Waals surface area (Å²) in [6.45, 7) is 6.16. The van der Waals surface area contributed by atoms with Crippen molar-refractivity contribution in [1.82, 2.24) is 0 Å². The van der Waals surface area contributed by atoms with Gasteiger partial charge in [-0.3, -0.25) is 14.4 Å². The summed E-state index contributed by atoms with van der Waals surface area (Å²) >= 11 is 0. The highest BCUT2D eigenvalue weighted by atomic mass is 16.6. The standard InChI is InChI=1S/C73H108O6/c1-4-7-10-13-16-19-22-25-27-28-29-30-31-32-33-34-35-36-37-38-39-40-41-42-43-44-46-48-51-54-57-60-63-66-72(75)78-69-70(68-77-71(74)65-62-59-56-53-50-47-24-21-18-15-12-9-6-3)79-73(76)67-64-61-58-55-52-49-45-26-23-20-17-14-11-8-5-2/h7-12,16-21,25-27,29-30,32-33,35-36,38-39,41-42,44-47,50-52,54-55,70H,4-6,13-15,22-24,28,31,34,37,40,43,48-49,53,56-69H2,1-3H3/b10-7-,11-8-,12-9-,19-16-,20-17-,21-18-,27-25-,30-29-,33-32-,36-35-,39-38-,42-41-,45-26-,46-44-,50-47-,54-51-,55-52-. The number of allylic oxidation sites excluding steroid dienone is 34. The number of hydrogen-bond acceptors (Lipinski definition) is 6. The summed E-state index contributed by atoms with van der Waals surface area (Å²) in [5.41, 5.74) is 0. The molecule has 1 unspecified atom stereocenters. The average molecular weight is 1080 g/mol. The molecule has 0 saturated heterocycles. The number of rotatable bonds is 52. The molecule has 0 amide bonds. The van der Waals surface area contributed by atoms with Crippen LogP contribution in [0, 0.1) is 0 Å². The summed E-state index contributed by atoms with van der Waals surface area (Å²) in [6.07, 6.45) is 99.8. The third kappa shape index (κ3) is 62.7. The van der Waals surface area contributed by atoms with Crippen LogP contribution in [0.5, 0.6) is 0 Å². The fourth-order valence-corrected chi connectivity index (χ4v) is 7.30. The fourth-order valence-electron chi connectivity index (χ4n) is 7.30. The molecule has 0 aliphatic rings. The topological polar surface area (TPSA) is 78.9 Å². The predicted molar refractivity (Wildman–Crippen MR) is 343 cm³/mol. The molecular weight excluding hydrogens is 973 g/mol. The third-order valence-corrected chi connectivity index (χ3v) is 11.8. The van der Waals surface area contributed by atoms with Gasteiger partial charge >= 0.3 is 17.9 Å². The maximum atomic E-state index is 12.8. The van der Waals surface area contributed by atoms with Crippen LogP contribution in [0.3, 0.4) is 0 Å². The maximum absolute atomic E-state index is 12.8. The van der Waals surface area contributed by atoms with Crippen molar-refractivity contribution < 1.29 is 28.6 Å². The lowest BCUT2D eigenvalue weighted by atomic mass is 10.1. The Labute approximate surface area is 483 Å². The van der Waals surface area contributed by atoms with Gasteiger partial charge in [0.05, 0.1) is 0 Å². The van der Waals surface area contributed by atoms with E-state index < -0.39 is 6.10 Å². The van der Waals surface area contributed by atoms with Crippen molar-refractivity contribution in [2.75, 3.05) is 13.2 Å². The first-order valence-electron chi connectivity index (χ1n) is 30.6. The number of carbonyl (C=O) groups is 3. The molecule has 0 rings (SSSR count). The molecule has 0 aromatic heterocycles. The lowest BCUT2D eigenvalue weighted by molar-refractivity contribution is -0.167. The Morgan fingerprint density at radius 2 is 0.456 bits per heavy atom. The molecule has 0 aromatic carbocycles. The second-order valence-electron chi connectivity index (χ2n) is 19.1. The van der Waals surface area contributed by atoms with Crippen molar-refractivity contribution in [3.05, 3.63) is 207 Å². The Morgan fingerprint density at radius 1 is 0.253 bits per heavy atom. The summed E-state index contributed by atoms with van der Waals surface area (Å²) in [7, 11) is 0. The van der Waals surface area contributed by atoms with E-state index in [4.69, 9.17) is 14.2 Å². The zero-order valence-electron chi connectivity index (χ0n) is 49.8. The van der Waals surface area contributed by atoms with Gasteiger partial charge in [0, 0.05) is 19.3 Å². The Bertz CT molecular complexity index is 1960. The quantitative estimate of drug-likeness (QED) is 0.0261. The van der Waals surface area contributed by atoms with Gasteiger partial charge in [-0.25, -0.2) is 0 Å². The van der Waals surface area contributed by atoms with Gasteiger partial charge in [0.25, 0.3) is 0 Å². The first kappa shape index (κ1) is 73.0. The molecule has 0 heterocycles. The van der Waals surface area contributed by atoms with E-state index in [9.17, 15) is 14.4 Å². The van der Waals surface area contributed by atoms with Crippen molar-refractivity contribution in [3.8, 4) is 0 Å². The van der Waals surface area contributed by atoms with Crippen LogP contribution in [-0.4, -0.2) is 37.2 Å². The Kier molecular flexibility index (Phi) is 59.6. The first-order chi connectivity index (χ1) is 39.0. The average Bonchev–Trinajstić information content (AvgIpc) is 3.45. The molecule has 0 saturated carbocycles. The normalized spacial score (nSPS) is 13.6.